The number of rotatable bonds is 6. The highest BCUT2D eigenvalue weighted by Gasteiger charge is 2.63. The first-order valence-corrected chi connectivity index (χ1v) is 7.47. The maximum atomic E-state index is 13.4. The van der Waals surface area contributed by atoms with E-state index in [0.29, 0.717) is 12.0 Å². The molecule has 0 bridgehead atoms. The molecule has 1 aromatic rings. The van der Waals surface area contributed by atoms with Gasteiger partial charge in [-0.2, -0.15) is 22.0 Å². The lowest BCUT2D eigenvalue weighted by Gasteiger charge is -2.21. The van der Waals surface area contributed by atoms with Crippen molar-refractivity contribution in [3.63, 3.8) is 0 Å². The van der Waals surface area contributed by atoms with Gasteiger partial charge in [0.25, 0.3) is 0 Å². The molecule has 23 heavy (non-hydrogen) atoms. The highest BCUT2D eigenvalue weighted by Crippen LogP contribution is 2.39. The van der Waals surface area contributed by atoms with E-state index in [2.05, 4.69) is 0 Å². The first-order valence-electron chi connectivity index (χ1n) is 7.47. The molecule has 0 spiro atoms. The van der Waals surface area contributed by atoms with E-state index in [-0.39, 0.29) is 23.8 Å². The van der Waals surface area contributed by atoms with Crippen LogP contribution >= 0.6 is 0 Å². The van der Waals surface area contributed by atoms with E-state index in [1.54, 1.807) is 19.9 Å². The summed E-state index contributed by atoms with van der Waals surface area (Å²) >= 11 is 0. The first kappa shape index (κ1) is 19.6. The number of benzene rings is 1. The molecule has 130 valence electrons. The molecule has 0 atom stereocenters. The molecular weight excluding hydrogens is 315 g/mol. The molecule has 1 aromatic carbocycles. The zero-order chi connectivity index (χ0) is 18.0. The maximum absolute atomic E-state index is 13.4. The van der Waals surface area contributed by atoms with Crippen molar-refractivity contribution in [2.75, 3.05) is 0 Å². The van der Waals surface area contributed by atoms with Crippen LogP contribution in [-0.4, -0.2) is 17.9 Å². The number of carbonyl (C=O) groups excluding carboxylic acids is 1. The molecule has 0 aliphatic rings. The van der Waals surface area contributed by atoms with Crippen molar-refractivity contribution < 1.29 is 26.7 Å². The highest BCUT2D eigenvalue weighted by atomic mass is 19.4. The fourth-order valence-corrected chi connectivity index (χ4v) is 2.35. The Hall–Kier alpha value is -1.46. The van der Waals surface area contributed by atoms with Crippen LogP contribution in [0.25, 0.3) is 0 Å². The Morgan fingerprint density at radius 3 is 1.91 bits per heavy atom. The van der Waals surface area contributed by atoms with Gasteiger partial charge in [0.1, 0.15) is 0 Å². The second kappa shape index (κ2) is 6.97. The highest BCUT2D eigenvalue weighted by molar-refractivity contribution is 6.03. The molecule has 1 nitrogen and oxygen atoms in total. The first-order chi connectivity index (χ1) is 10.4. The van der Waals surface area contributed by atoms with Crippen molar-refractivity contribution in [2.45, 2.75) is 52.6 Å². The lowest BCUT2D eigenvalue weighted by Crippen LogP contribution is -2.44. The summed E-state index contributed by atoms with van der Waals surface area (Å²) in [4.78, 5) is 11.9. The summed E-state index contributed by atoms with van der Waals surface area (Å²) in [6.45, 7) is 7.40. The molecule has 0 fully saturated rings. The topological polar surface area (TPSA) is 17.1 Å². The fourth-order valence-electron chi connectivity index (χ4n) is 2.35. The summed E-state index contributed by atoms with van der Waals surface area (Å²) in [5.41, 5.74) is 0.273. The van der Waals surface area contributed by atoms with Gasteiger partial charge in [-0.05, 0) is 41.9 Å². The van der Waals surface area contributed by atoms with Crippen LogP contribution in [-0.2, 0) is 12.8 Å². The minimum Gasteiger partial charge on any atom is -0.287 e. The van der Waals surface area contributed by atoms with E-state index < -0.39 is 23.4 Å². The summed E-state index contributed by atoms with van der Waals surface area (Å²) < 4.78 is 64.4. The normalized spacial score (nSPS) is 13.0. The number of carbonyl (C=O) groups is 1. The third-order valence-electron chi connectivity index (χ3n) is 3.33. The maximum Gasteiger partial charge on any atom is 0.461 e. The van der Waals surface area contributed by atoms with Crippen LogP contribution in [0.4, 0.5) is 22.0 Å². The summed E-state index contributed by atoms with van der Waals surface area (Å²) in [5, 5.41) is 0. The Kier molecular flexibility index (Phi) is 5.94. The van der Waals surface area contributed by atoms with Crippen molar-refractivity contribution >= 4 is 5.78 Å². The van der Waals surface area contributed by atoms with E-state index in [0.717, 1.165) is 0 Å². The molecule has 0 unspecified atom stereocenters. The van der Waals surface area contributed by atoms with Crippen molar-refractivity contribution in [3.8, 4) is 0 Å². The molecule has 0 radical (unpaired) electrons. The Morgan fingerprint density at radius 2 is 1.48 bits per heavy atom. The van der Waals surface area contributed by atoms with Gasteiger partial charge >= 0.3 is 12.1 Å². The van der Waals surface area contributed by atoms with Gasteiger partial charge in [-0.3, -0.25) is 4.79 Å². The zero-order valence-corrected chi connectivity index (χ0v) is 13.6. The van der Waals surface area contributed by atoms with E-state index in [1.165, 1.54) is 12.1 Å². The minimum absolute atomic E-state index is 0.0250. The number of hydrogen-bond acceptors (Lipinski definition) is 1. The van der Waals surface area contributed by atoms with E-state index in [1.807, 2.05) is 13.8 Å². The predicted molar refractivity (Wildman–Crippen MR) is 78.9 cm³/mol. The summed E-state index contributed by atoms with van der Waals surface area (Å²) in [5.74, 6) is -7.34. The van der Waals surface area contributed by atoms with Gasteiger partial charge in [0.15, 0.2) is 0 Å². The summed E-state index contributed by atoms with van der Waals surface area (Å²) in [7, 11) is 0. The lowest BCUT2D eigenvalue weighted by atomic mass is 9.90. The van der Waals surface area contributed by atoms with Gasteiger partial charge in [0.2, 0.25) is 5.78 Å². The SMILES string of the molecule is CC(C)Cc1ccc(CC(C)C)c(C(=O)C(F)(F)C(F)(F)F)c1. The van der Waals surface area contributed by atoms with Gasteiger partial charge in [0.05, 0.1) is 0 Å². The third-order valence-corrected chi connectivity index (χ3v) is 3.33. The average molecular weight is 336 g/mol. The number of Topliss-reactive ketones (excluding diaryl/α,β-unsaturated/α-hetero) is 1. The fraction of sp³-hybridized carbons (Fsp3) is 0.588. The van der Waals surface area contributed by atoms with Gasteiger partial charge in [-0.15, -0.1) is 0 Å². The van der Waals surface area contributed by atoms with Crippen LogP contribution in [0.2, 0.25) is 0 Å². The molecule has 1 rings (SSSR count). The molecule has 0 saturated heterocycles. The van der Waals surface area contributed by atoms with Crippen LogP contribution in [0.5, 0.6) is 0 Å². The zero-order valence-electron chi connectivity index (χ0n) is 13.6. The van der Waals surface area contributed by atoms with Crippen LogP contribution in [0.1, 0.15) is 49.2 Å². The van der Waals surface area contributed by atoms with Crippen molar-refractivity contribution in [3.05, 3.63) is 34.9 Å². The molecule has 0 heterocycles. The van der Waals surface area contributed by atoms with Crippen LogP contribution in [0.3, 0.4) is 0 Å². The Labute approximate surface area is 132 Å². The standard InChI is InChI=1S/C17H21F5O/c1-10(2)7-12-5-6-13(8-11(3)4)14(9-12)15(23)16(18,19)17(20,21)22/h5-6,9-11H,7-8H2,1-4H3. The molecule has 0 aliphatic carbocycles. The molecule has 0 saturated carbocycles. The van der Waals surface area contributed by atoms with Gasteiger partial charge in [0, 0.05) is 5.56 Å². The van der Waals surface area contributed by atoms with Gasteiger partial charge in [-0.1, -0.05) is 39.8 Å². The minimum atomic E-state index is -5.90. The van der Waals surface area contributed by atoms with Crippen molar-refractivity contribution in [2.24, 2.45) is 11.8 Å². The van der Waals surface area contributed by atoms with E-state index >= 15 is 0 Å². The van der Waals surface area contributed by atoms with Crippen LogP contribution < -0.4 is 0 Å². The quantitative estimate of drug-likeness (QED) is 0.498. The number of hydrogen-bond donors (Lipinski definition) is 0. The molecule has 0 N–H and O–H groups in total. The molecule has 0 amide bonds. The van der Waals surface area contributed by atoms with Crippen LogP contribution in [0.15, 0.2) is 18.2 Å². The predicted octanol–water partition coefficient (Wildman–Crippen LogP) is 5.46. The average Bonchev–Trinajstić information content (AvgIpc) is 2.37. The van der Waals surface area contributed by atoms with E-state index in [9.17, 15) is 26.7 Å². The second-order valence-electron chi connectivity index (χ2n) is 6.59. The molecule has 0 aromatic heterocycles. The molecule has 6 heteroatoms. The van der Waals surface area contributed by atoms with Gasteiger partial charge in [-0.25, -0.2) is 0 Å². The van der Waals surface area contributed by atoms with Crippen molar-refractivity contribution in [1.29, 1.82) is 0 Å². The smallest absolute Gasteiger partial charge is 0.287 e. The lowest BCUT2D eigenvalue weighted by molar-refractivity contribution is -0.255. The molecular formula is C17H21F5O. The van der Waals surface area contributed by atoms with Crippen LogP contribution in [0, 0.1) is 11.8 Å². The largest absolute Gasteiger partial charge is 0.461 e. The van der Waals surface area contributed by atoms with E-state index in [4.69, 9.17) is 0 Å². The number of alkyl halides is 5. The third kappa shape index (κ3) is 4.75. The Morgan fingerprint density at radius 1 is 0.957 bits per heavy atom. The second-order valence-corrected chi connectivity index (χ2v) is 6.59. The summed E-state index contributed by atoms with van der Waals surface area (Å²) in [6, 6.07) is 4.34. The Balaban J connectivity index is 3.36. The Bertz CT molecular complexity index is 559. The molecule has 0 aliphatic heterocycles. The number of ketones is 1. The summed E-state index contributed by atoms with van der Waals surface area (Å²) in [6.07, 6.45) is -5.13. The monoisotopic (exact) mass is 336 g/mol. The van der Waals surface area contributed by atoms with Crippen molar-refractivity contribution in [1.82, 2.24) is 0 Å². The number of halogens is 5. The van der Waals surface area contributed by atoms with Gasteiger partial charge < -0.3 is 0 Å².